The molecule has 1 heterocycles. The Morgan fingerprint density at radius 2 is 1.82 bits per heavy atom. The third kappa shape index (κ3) is 3.07. The monoisotopic (exact) mass is 410 g/mol. The van der Waals surface area contributed by atoms with Gasteiger partial charge in [0.05, 0.1) is 16.0 Å². The van der Waals surface area contributed by atoms with Crippen molar-refractivity contribution in [3.05, 3.63) is 92.5 Å². The number of carbonyl (C=O) groups excluding carboxylic acids is 1. The number of benzene rings is 2. The van der Waals surface area contributed by atoms with Gasteiger partial charge in [-0.3, -0.25) is 4.79 Å². The van der Waals surface area contributed by atoms with Crippen LogP contribution in [0.4, 0.5) is 0 Å². The molecule has 0 unspecified atom stereocenters. The maximum Gasteiger partial charge on any atom is 0.205 e. The molecule has 6 heteroatoms. The molecule has 0 spiro atoms. The Labute approximate surface area is 172 Å². The summed E-state index contributed by atoms with van der Waals surface area (Å²) in [5.74, 6) is -0.244. The number of ether oxygens (including phenoxy) is 1. The average Bonchev–Trinajstić information content (AvgIpc) is 2.69. The van der Waals surface area contributed by atoms with E-state index in [2.05, 4.69) is 6.07 Å². The van der Waals surface area contributed by atoms with Crippen molar-refractivity contribution in [2.75, 3.05) is 0 Å². The van der Waals surface area contributed by atoms with Gasteiger partial charge in [-0.25, -0.2) is 0 Å². The third-order valence-electron chi connectivity index (χ3n) is 5.22. The molecular formula is C22H16Cl2N2O2. The van der Waals surface area contributed by atoms with Crippen molar-refractivity contribution in [1.82, 2.24) is 0 Å². The number of halogens is 2. The Balaban J connectivity index is 1.84. The van der Waals surface area contributed by atoms with Crippen LogP contribution in [0.3, 0.4) is 0 Å². The molecule has 1 aliphatic carbocycles. The number of hydrogen-bond donors (Lipinski definition) is 1. The number of nitriles is 1. The number of carbonyl (C=O) groups is 1. The van der Waals surface area contributed by atoms with Gasteiger partial charge in [0.25, 0.3) is 0 Å². The van der Waals surface area contributed by atoms with Gasteiger partial charge in [0, 0.05) is 18.4 Å². The first kappa shape index (κ1) is 18.6. The first-order valence-corrected chi connectivity index (χ1v) is 9.59. The summed E-state index contributed by atoms with van der Waals surface area (Å²) in [6.45, 7) is 0. The van der Waals surface area contributed by atoms with Crippen LogP contribution in [0.2, 0.25) is 10.0 Å². The van der Waals surface area contributed by atoms with Crippen LogP contribution in [0.25, 0.3) is 0 Å². The van der Waals surface area contributed by atoms with Gasteiger partial charge < -0.3 is 10.5 Å². The second kappa shape index (κ2) is 7.35. The van der Waals surface area contributed by atoms with Gasteiger partial charge in [-0.05, 0) is 23.1 Å². The molecule has 1 aliphatic heterocycles. The van der Waals surface area contributed by atoms with E-state index in [9.17, 15) is 10.1 Å². The molecule has 2 aromatic carbocycles. The van der Waals surface area contributed by atoms with Gasteiger partial charge in [0.1, 0.15) is 17.4 Å². The first-order valence-electron chi connectivity index (χ1n) is 8.84. The lowest BCUT2D eigenvalue weighted by Crippen LogP contribution is -2.30. The first-order chi connectivity index (χ1) is 13.5. The topological polar surface area (TPSA) is 76.1 Å². The van der Waals surface area contributed by atoms with E-state index in [1.807, 2.05) is 30.3 Å². The van der Waals surface area contributed by atoms with E-state index in [1.54, 1.807) is 18.2 Å². The molecule has 0 radical (unpaired) electrons. The van der Waals surface area contributed by atoms with E-state index in [-0.39, 0.29) is 23.2 Å². The second-order valence-corrected chi connectivity index (χ2v) is 7.63. The van der Waals surface area contributed by atoms with E-state index in [0.717, 1.165) is 5.56 Å². The molecule has 4 rings (SSSR count). The fraction of sp³-hybridized carbons (Fsp3) is 0.182. The molecule has 0 saturated carbocycles. The highest BCUT2D eigenvalue weighted by Gasteiger charge is 2.41. The van der Waals surface area contributed by atoms with Gasteiger partial charge in [-0.1, -0.05) is 65.7 Å². The number of hydrogen-bond acceptors (Lipinski definition) is 4. The van der Waals surface area contributed by atoms with Crippen molar-refractivity contribution in [3.8, 4) is 6.07 Å². The minimum atomic E-state index is -0.677. The zero-order chi connectivity index (χ0) is 19.8. The highest BCUT2D eigenvalue weighted by molar-refractivity contribution is 6.42. The molecule has 4 nitrogen and oxygen atoms in total. The van der Waals surface area contributed by atoms with E-state index in [4.69, 9.17) is 33.7 Å². The van der Waals surface area contributed by atoms with Gasteiger partial charge >= 0.3 is 0 Å². The Morgan fingerprint density at radius 3 is 2.54 bits per heavy atom. The lowest BCUT2D eigenvalue weighted by Gasteiger charge is -2.34. The normalized spacial score (nSPS) is 21.8. The zero-order valence-electron chi connectivity index (χ0n) is 14.8. The van der Waals surface area contributed by atoms with Crippen LogP contribution in [0.15, 0.2) is 71.3 Å². The van der Waals surface area contributed by atoms with Crippen LogP contribution in [0, 0.1) is 11.3 Å². The number of Topliss-reactive ketones (excluding diaryl/α,β-unsaturated/α-hetero) is 1. The van der Waals surface area contributed by atoms with Crippen LogP contribution >= 0.6 is 23.2 Å². The maximum absolute atomic E-state index is 13.2. The lowest BCUT2D eigenvalue weighted by atomic mass is 9.73. The Kier molecular flexibility index (Phi) is 4.89. The van der Waals surface area contributed by atoms with Gasteiger partial charge in [0.2, 0.25) is 5.88 Å². The molecule has 2 atom stereocenters. The number of rotatable bonds is 2. The molecule has 0 bridgehead atoms. The fourth-order valence-corrected chi connectivity index (χ4v) is 4.34. The summed E-state index contributed by atoms with van der Waals surface area (Å²) in [6.07, 6.45) is 0.860. The zero-order valence-corrected chi connectivity index (χ0v) is 16.3. The van der Waals surface area contributed by atoms with E-state index in [1.165, 1.54) is 0 Å². The Bertz CT molecular complexity index is 1070. The van der Waals surface area contributed by atoms with Crippen LogP contribution < -0.4 is 5.73 Å². The number of ketones is 1. The van der Waals surface area contributed by atoms with Crippen molar-refractivity contribution in [2.24, 2.45) is 5.73 Å². The minimum Gasteiger partial charge on any atom is -0.444 e. The van der Waals surface area contributed by atoms with Crippen LogP contribution in [-0.2, 0) is 9.53 Å². The molecular weight excluding hydrogens is 395 g/mol. The molecule has 0 aromatic heterocycles. The summed E-state index contributed by atoms with van der Waals surface area (Å²) in [7, 11) is 0. The summed E-state index contributed by atoms with van der Waals surface area (Å²) in [5.41, 5.74) is 8.32. The molecule has 0 saturated heterocycles. The molecule has 2 N–H and O–H groups in total. The number of nitrogens with two attached hydrogens (primary N) is 1. The number of nitrogens with zero attached hydrogens (tertiary/aromatic N) is 1. The summed E-state index contributed by atoms with van der Waals surface area (Å²) < 4.78 is 5.76. The Morgan fingerprint density at radius 1 is 1.07 bits per heavy atom. The summed E-state index contributed by atoms with van der Waals surface area (Å²) in [6, 6.07) is 17.1. The Hall–Kier alpha value is -2.74. The molecule has 140 valence electrons. The van der Waals surface area contributed by atoms with Crippen LogP contribution in [0.1, 0.15) is 35.8 Å². The maximum atomic E-state index is 13.2. The summed E-state index contributed by atoms with van der Waals surface area (Å²) >= 11 is 12.6. The molecule has 2 aromatic rings. The smallest absolute Gasteiger partial charge is 0.205 e. The van der Waals surface area contributed by atoms with E-state index in [0.29, 0.717) is 39.8 Å². The predicted octanol–water partition coefficient (Wildman–Crippen LogP) is 5.20. The highest BCUT2D eigenvalue weighted by Crippen LogP contribution is 2.48. The average molecular weight is 411 g/mol. The SMILES string of the molecule is N#CC1=C(N)OC2=C(C(=O)C[C@H](c3ccccc3)C2)[C@H]1c1cccc(Cl)c1Cl. The van der Waals surface area contributed by atoms with Crippen molar-refractivity contribution in [2.45, 2.75) is 24.7 Å². The number of allylic oxidation sites excluding steroid dienone is 3. The van der Waals surface area contributed by atoms with Crippen molar-refractivity contribution in [3.63, 3.8) is 0 Å². The largest absolute Gasteiger partial charge is 0.444 e. The third-order valence-corrected chi connectivity index (χ3v) is 6.06. The van der Waals surface area contributed by atoms with Gasteiger partial charge in [-0.15, -0.1) is 0 Å². The molecule has 0 fully saturated rings. The van der Waals surface area contributed by atoms with Crippen molar-refractivity contribution >= 4 is 29.0 Å². The highest BCUT2D eigenvalue weighted by atomic mass is 35.5. The summed E-state index contributed by atoms with van der Waals surface area (Å²) in [5, 5.41) is 10.3. The van der Waals surface area contributed by atoms with Gasteiger partial charge in [-0.2, -0.15) is 5.26 Å². The standard InChI is InChI=1S/C22H16Cl2N2O2/c23-16-8-4-7-14(21(16)24)19-15(11-25)22(26)28-18-10-13(9-17(27)20(18)19)12-5-2-1-3-6-12/h1-8,13,19H,9-10,26H2/t13-,19-/m0/s1. The second-order valence-electron chi connectivity index (χ2n) is 6.84. The predicted molar refractivity (Wildman–Crippen MR) is 108 cm³/mol. The van der Waals surface area contributed by atoms with E-state index < -0.39 is 5.92 Å². The van der Waals surface area contributed by atoms with E-state index >= 15 is 0 Å². The quantitative estimate of drug-likeness (QED) is 0.737. The minimum absolute atomic E-state index is 0.000584. The summed E-state index contributed by atoms with van der Waals surface area (Å²) in [4.78, 5) is 13.2. The molecule has 0 amide bonds. The van der Waals surface area contributed by atoms with Crippen LogP contribution in [0.5, 0.6) is 0 Å². The van der Waals surface area contributed by atoms with Gasteiger partial charge in [0.15, 0.2) is 5.78 Å². The van der Waals surface area contributed by atoms with Crippen LogP contribution in [-0.4, -0.2) is 5.78 Å². The fourth-order valence-electron chi connectivity index (χ4n) is 3.92. The van der Waals surface area contributed by atoms with Crippen molar-refractivity contribution in [1.29, 1.82) is 5.26 Å². The lowest BCUT2D eigenvalue weighted by molar-refractivity contribution is -0.117. The van der Waals surface area contributed by atoms with Crippen molar-refractivity contribution < 1.29 is 9.53 Å². The molecule has 2 aliphatic rings. The molecule has 28 heavy (non-hydrogen) atoms.